The van der Waals surface area contributed by atoms with E-state index in [-0.39, 0.29) is 11.6 Å². The van der Waals surface area contributed by atoms with Gasteiger partial charge in [-0.05, 0) is 20.3 Å². The van der Waals surface area contributed by atoms with Crippen molar-refractivity contribution in [2.75, 3.05) is 11.9 Å². The highest BCUT2D eigenvalue weighted by molar-refractivity contribution is 6.31. The molecule has 0 amide bonds. The molecule has 0 aliphatic rings. The Bertz CT molecular complexity index is 640. The molecule has 0 radical (unpaired) electrons. The lowest BCUT2D eigenvalue weighted by atomic mass is 10.3. The average molecular weight is 301 g/mol. The molecule has 7 heteroatoms. The topological polar surface area (TPSA) is 42.7 Å². The molecule has 2 rings (SSSR count). The van der Waals surface area contributed by atoms with Crippen LogP contribution in [0.2, 0.25) is 5.02 Å². The maximum atomic E-state index is 13.9. The number of halogens is 3. The molecule has 0 atom stereocenters. The van der Waals surface area contributed by atoms with Gasteiger partial charge in [-0.3, -0.25) is 0 Å². The second-order valence-corrected chi connectivity index (χ2v) is 4.83. The van der Waals surface area contributed by atoms with Crippen molar-refractivity contribution in [3.05, 3.63) is 34.1 Å². The maximum Gasteiger partial charge on any atom is 0.192 e. The van der Waals surface area contributed by atoms with E-state index >= 15 is 0 Å². The van der Waals surface area contributed by atoms with Gasteiger partial charge < -0.3 is 5.32 Å². The van der Waals surface area contributed by atoms with Gasteiger partial charge in [0.2, 0.25) is 0 Å². The number of hydrogen-bond donors (Lipinski definition) is 1. The van der Waals surface area contributed by atoms with E-state index in [1.807, 2.05) is 6.92 Å². The molecule has 2 aromatic rings. The molecule has 2 heterocycles. The third kappa shape index (κ3) is 2.60. The molecule has 0 unspecified atom stereocenters. The summed E-state index contributed by atoms with van der Waals surface area (Å²) in [5, 5.41) is 7.38. The summed E-state index contributed by atoms with van der Waals surface area (Å²) in [7, 11) is 0. The summed E-state index contributed by atoms with van der Waals surface area (Å²) in [4.78, 5) is 3.98. The fourth-order valence-electron chi connectivity index (χ4n) is 1.80. The van der Waals surface area contributed by atoms with Gasteiger partial charge in [-0.1, -0.05) is 18.5 Å². The Morgan fingerprint density at radius 1 is 1.30 bits per heavy atom. The molecular formula is C13H15ClF2N4. The van der Waals surface area contributed by atoms with Crippen LogP contribution in [0.25, 0.3) is 5.82 Å². The Hall–Kier alpha value is -1.69. The molecule has 0 saturated heterocycles. The van der Waals surface area contributed by atoms with Crippen molar-refractivity contribution in [3.8, 4) is 5.82 Å². The molecular weight excluding hydrogens is 286 g/mol. The first-order valence-electron chi connectivity index (χ1n) is 6.27. The number of hydrogen-bond acceptors (Lipinski definition) is 3. The van der Waals surface area contributed by atoms with E-state index < -0.39 is 11.6 Å². The van der Waals surface area contributed by atoms with Gasteiger partial charge in [0.25, 0.3) is 0 Å². The van der Waals surface area contributed by atoms with Crippen LogP contribution >= 0.6 is 11.6 Å². The molecule has 0 fully saturated rings. The monoisotopic (exact) mass is 300 g/mol. The second kappa shape index (κ2) is 5.75. The molecule has 1 N–H and O–H groups in total. The van der Waals surface area contributed by atoms with Crippen molar-refractivity contribution in [2.24, 2.45) is 0 Å². The summed E-state index contributed by atoms with van der Waals surface area (Å²) in [6, 6.07) is 0.796. The molecule has 20 heavy (non-hydrogen) atoms. The van der Waals surface area contributed by atoms with Crippen LogP contribution in [-0.4, -0.2) is 21.3 Å². The molecule has 0 aromatic carbocycles. The summed E-state index contributed by atoms with van der Waals surface area (Å²) >= 11 is 6.03. The molecule has 108 valence electrons. The highest BCUT2D eigenvalue weighted by atomic mass is 35.5. The highest BCUT2D eigenvalue weighted by Gasteiger charge is 2.18. The SMILES string of the molecule is CCCNc1nc(-n2nc(C)c(Cl)c2C)c(F)cc1F. The molecule has 0 saturated carbocycles. The predicted molar refractivity (Wildman–Crippen MR) is 74.5 cm³/mol. The number of anilines is 1. The van der Waals surface area contributed by atoms with Gasteiger partial charge in [0.15, 0.2) is 23.3 Å². The molecule has 2 aromatic heterocycles. The first kappa shape index (κ1) is 14.7. The van der Waals surface area contributed by atoms with Crippen LogP contribution in [0.3, 0.4) is 0 Å². The van der Waals surface area contributed by atoms with Gasteiger partial charge in [0, 0.05) is 12.6 Å². The standard InChI is InChI=1S/C13H15ClF2N4/c1-4-5-17-12-9(15)6-10(16)13(18-12)20-8(3)11(14)7(2)19-20/h6H,4-5H2,1-3H3,(H,17,18). The number of rotatable bonds is 4. The summed E-state index contributed by atoms with van der Waals surface area (Å²) in [6.07, 6.45) is 0.805. The third-order valence-corrected chi connectivity index (χ3v) is 3.40. The van der Waals surface area contributed by atoms with Crippen molar-refractivity contribution in [3.63, 3.8) is 0 Å². The summed E-state index contributed by atoms with van der Waals surface area (Å²) in [5.41, 5.74) is 1.13. The minimum absolute atomic E-state index is 0.00641. The Labute approximate surface area is 120 Å². The van der Waals surface area contributed by atoms with E-state index in [1.165, 1.54) is 4.68 Å². The first-order valence-corrected chi connectivity index (χ1v) is 6.65. The first-order chi connectivity index (χ1) is 9.45. The lowest BCUT2D eigenvalue weighted by Crippen LogP contribution is -2.11. The van der Waals surface area contributed by atoms with Gasteiger partial charge in [0.1, 0.15) is 0 Å². The third-order valence-electron chi connectivity index (χ3n) is 2.86. The van der Waals surface area contributed by atoms with Crippen molar-refractivity contribution < 1.29 is 8.78 Å². The van der Waals surface area contributed by atoms with E-state index in [2.05, 4.69) is 15.4 Å². The lowest BCUT2D eigenvalue weighted by Gasteiger charge is -2.10. The number of nitrogens with zero attached hydrogens (tertiary/aromatic N) is 3. The zero-order valence-electron chi connectivity index (χ0n) is 11.5. The predicted octanol–water partition coefficient (Wildman–Crippen LogP) is 3.64. The van der Waals surface area contributed by atoms with E-state index in [4.69, 9.17) is 11.6 Å². The smallest absolute Gasteiger partial charge is 0.192 e. The van der Waals surface area contributed by atoms with Crippen LogP contribution in [0.5, 0.6) is 0 Å². The van der Waals surface area contributed by atoms with Gasteiger partial charge in [-0.2, -0.15) is 5.10 Å². The molecule has 0 aliphatic carbocycles. The van der Waals surface area contributed by atoms with Crippen LogP contribution < -0.4 is 5.32 Å². The Kier molecular flexibility index (Phi) is 4.23. The van der Waals surface area contributed by atoms with E-state index in [0.717, 1.165) is 12.5 Å². The summed E-state index contributed by atoms with van der Waals surface area (Å²) in [5.74, 6) is -1.58. The Morgan fingerprint density at radius 3 is 2.55 bits per heavy atom. The fraction of sp³-hybridized carbons (Fsp3) is 0.385. The van der Waals surface area contributed by atoms with E-state index in [1.54, 1.807) is 13.8 Å². The van der Waals surface area contributed by atoms with Crippen LogP contribution in [0.4, 0.5) is 14.6 Å². The minimum atomic E-state index is -0.785. The van der Waals surface area contributed by atoms with E-state index in [0.29, 0.717) is 23.0 Å². The Morgan fingerprint density at radius 2 is 2.00 bits per heavy atom. The van der Waals surface area contributed by atoms with Crippen LogP contribution in [0.1, 0.15) is 24.7 Å². The van der Waals surface area contributed by atoms with Gasteiger partial charge in [-0.25, -0.2) is 18.4 Å². The zero-order chi connectivity index (χ0) is 14.9. The number of aromatic nitrogens is 3. The molecule has 0 bridgehead atoms. The van der Waals surface area contributed by atoms with Gasteiger partial charge in [0.05, 0.1) is 16.4 Å². The van der Waals surface area contributed by atoms with Crippen molar-refractivity contribution in [1.29, 1.82) is 0 Å². The molecule has 4 nitrogen and oxygen atoms in total. The van der Waals surface area contributed by atoms with Gasteiger partial charge in [-0.15, -0.1) is 0 Å². The number of pyridine rings is 1. The van der Waals surface area contributed by atoms with Crippen LogP contribution in [0, 0.1) is 25.5 Å². The number of nitrogens with one attached hydrogen (secondary N) is 1. The van der Waals surface area contributed by atoms with Crippen molar-refractivity contribution in [2.45, 2.75) is 27.2 Å². The normalized spacial score (nSPS) is 10.9. The highest BCUT2D eigenvalue weighted by Crippen LogP contribution is 2.24. The zero-order valence-corrected chi connectivity index (χ0v) is 12.2. The largest absolute Gasteiger partial charge is 0.368 e. The fourth-order valence-corrected chi connectivity index (χ4v) is 1.92. The lowest BCUT2D eigenvalue weighted by molar-refractivity contribution is 0.561. The quantitative estimate of drug-likeness (QED) is 0.937. The number of aryl methyl sites for hydroxylation is 1. The van der Waals surface area contributed by atoms with E-state index in [9.17, 15) is 8.78 Å². The van der Waals surface area contributed by atoms with Gasteiger partial charge >= 0.3 is 0 Å². The van der Waals surface area contributed by atoms with Crippen LogP contribution in [-0.2, 0) is 0 Å². The van der Waals surface area contributed by atoms with Crippen LogP contribution in [0.15, 0.2) is 6.07 Å². The molecule has 0 aliphatic heterocycles. The summed E-state index contributed by atoms with van der Waals surface area (Å²) < 4.78 is 28.8. The van der Waals surface area contributed by atoms with Crippen molar-refractivity contribution >= 4 is 17.4 Å². The summed E-state index contributed by atoms with van der Waals surface area (Å²) in [6.45, 7) is 5.90. The molecule has 0 spiro atoms. The maximum absolute atomic E-state index is 13.9. The minimum Gasteiger partial charge on any atom is -0.368 e. The van der Waals surface area contributed by atoms with Crippen molar-refractivity contribution in [1.82, 2.24) is 14.8 Å². The average Bonchev–Trinajstić information content (AvgIpc) is 2.66. The Balaban J connectivity index is 2.53. The second-order valence-electron chi connectivity index (χ2n) is 4.45.